The molecule has 0 radical (unpaired) electrons. The van der Waals surface area contributed by atoms with Gasteiger partial charge in [0.2, 0.25) is 0 Å². The topological polar surface area (TPSA) is 0 Å². The molecule has 0 aromatic heterocycles. The minimum atomic E-state index is -2.30. The van der Waals surface area contributed by atoms with Crippen molar-refractivity contribution in [3.63, 3.8) is 0 Å². The third-order valence-corrected chi connectivity index (χ3v) is 26.6. The molecule has 0 saturated carbocycles. The molecule has 5 aromatic rings. The third kappa shape index (κ3) is 5.81. The van der Waals surface area contributed by atoms with Crippen LogP contribution in [0.5, 0.6) is 0 Å². The molecule has 0 saturated heterocycles. The van der Waals surface area contributed by atoms with Gasteiger partial charge < -0.3 is 24.8 Å². The Hall–Kier alpha value is -2.74. The standard InChI is InChI=1S/2C15H11.C7H8Si.2ClH.Zr/c2*1-2-6-12(5-1)15-10-9-13-7-3-4-8-14(13)11-15;1-8-7-5-3-2-4-6-7;;;/h2*1,3-5,7-11H,2H2;2-6H,1H3;2*1H;/q;;;;;+2/p-2. The van der Waals surface area contributed by atoms with Crippen LogP contribution < -0.4 is 30.0 Å². The minimum absolute atomic E-state index is 0. The Balaban J connectivity index is 0.00000169. The molecule has 0 atom stereocenters. The van der Waals surface area contributed by atoms with Gasteiger partial charge in [-0.15, -0.1) is 0 Å². The van der Waals surface area contributed by atoms with Crippen molar-refractivity contribution in [3.05, 3.63) is 157 Å². The van der Waals surface area contributed by atoms with E-state index in [2.05, 4.69) is 146 Å². The van der Waals surface area contributed by atoms with Crippen LogP contribution in [-0.2, 0) is 20.4 Å². The molecule has 0 heterocycles. The van der Waals surface area contributed by atoms with Crippen molar-refractivity contribution in [2.24, 2.45) is 0 Å². The molecule has 2 aliphatic rings. The molecule has 0 bridgehead atoms. The van der Waals surface area contributed by atoms with Gasteiger partial charge in [-0.05, 0) is 0 Å². The van der Waals surface area contributed by atoms with E-state index in [1.54, 1.807) is 11.7 Å². The molecule has 7 rings (SSSR count). The van der Waals surface area contributed by atoms with Crippen LogP contribution in [0.2, 0.25) is 6.55 Å². The number of halogens is 2. The molecule has 0 spiro atoms. The van der Waals surface area contributed by atoms with Gasteiger partial charge >= 0.3 is 240 Å². The quantitative estimate of drug-likeness (QED) is 0.254. The Morgan fingerprint density at radius 3 is 1.44 bits per heavy atom. The molecule has 200 valence electrons. The Bertz CT molecular complexity index is 1800. The predicted molar refractivity (Wildman–Crippen MR) is 167 cm³/mol. The van der Waals surface area contributed by atoms with Crippen LogP contribution in [0.25, 0.3) is 32.7 Å². The van der Waals surface area contributed by atoms with E-state index in [-0.39, 0.29) is 24.8 Å². The zero-order valence-electron chi connectivity index (χ0n) is 22.9. The maximum Gasteiger partial charge on any atom is -1.00 e. The van der Waals surface area contributed by atoms with Crippen LogP contribution >= 0.6 is 0 Å². The molecule has 2 aliphatic carbocycles. The Labute approximate surface area is 263 Å². The molecule has 0 amide bonds. The van der Waals surface area contributed by atoms with Crippen molar-refractivity contribution in [2.45, 2.75) is 19.4 Å². The van der Waals surface area contributed by atoms with Gasteiger partial charge in [0.05, 0.1) is 0 Å². The molecule has 0 aliphatic heterocycles. The van der Waals surface area contributed by atoms with Crippen LogP contribution in [-0.4, -0.2) is 5.43 Å². The molecule has 0 nitrogen and oxygen atoms in total. The van der Waals surface area contributed by atoms with Crippen molar-refractivity contribution in [3.8, 4) is 0 Å². The average Bonchev–Trinajstić information content (AvgIpc) is 3.68. The monoisotopic (exact) mass is 662 g/mol. The van der Waals surface area contributed by atoms with E-state index in [0.717, 1.165) is 12.8 Å². The first-order valence-corrected chi connectivity index (χ1v) is 22.0. The van der Waals surface area contributed by atoms with Gasteiger partial charge in [0.25, 0.3) is 0 Å². The predicted octanol–water partition coefficient (Wildman–Crippen LogP) is 3.19. The number of allylic oxidation sites excluding steroid dienone is 8. The summed E-state index contributed by atoms with van der Waals surface area (Å²) in [7, 11) is 0. The van der Waals surface area contributed by atoms with Gasteiger partial charge in [-0.3, -0.25) is 0 Å². The van der Waals surface area contributed by atoms with Crippen molar-refractivity contribution >= 4 is 43.3 Å². The largest absolute Gasteiger partial charge is 1.00 e. The summed E-state index contributed by atoms with van der Waals surface area (Å²) in [5, 5.41) is 6.88. The first kappa shape index (κ1) is 29.7. The minimum Gasteiger partial charge on any atom is -1.00 e. The van der Waals surface area contributed by atoms with Gasteiger partial charge in [0.15, 0.2) is 0 Å². The molecule has 4 heteroatoms. The fourth-order valence-corrected chi connectivity index (χ4v) is 25.8. The number of rotatable bonds is 5. The third-order valence-electron chi connectivity index (χ3n) is 8.17. The first-order chi connectivity index (χ1) is 19.3. The maximum absolute atomic E-state index is 2.61. The van der Waals surface area contributed by atoms with E-state index in [4.69, 9.17) is 0 Å². The first-order valence-electron chi connectivity index (χ1n) is 13.8. The van der Waals surface area contributed by atoms with Crippen LogP contribution in [0.1, 0.15) is 24.0 Å². The summed E-state index contributed by atoms with van der Waals surface area (Å²) in [5.74, 6) is 0. The summed E-state index contributed by atoms with van der Waals surface area (Å²) >= 11 is -2.30. The Morgan fingerprint density at radius 2 is 0.951 bits per heavy atom. The summed E-state index contributed by atoms with van der Waals surface area (Å²) in [4.78, 5) is 0. The average molecular weight is 665 g/mol. The zero-order valence-corrected chi connectivity index (χ0v) is 27.9. The number of hydrogen-bond donors (Lipinski definition) is 0. The molecular weight excluding hydrogens is 635 g/mol. The van der Waals surface area contributed by atoms with Gasteiger partial charge in [-0.2, -0.15) is 0 Å². The molecule has 0 N–H and O–H groups in total. The van der Waals surface area contributed by atoms with Crippen LogP contribution in [0, 0.1) is 0 Å². The number of fused-ring (bicyclic) bond motifs is 2. The number of hydrogen-bond acceptors (Lipinski definition) is 0. The summed E-state index contributed by atoms with van der Waals surface area (Å²) in [5.41, 5.74) is 5.05. The number of benzene rings is 5. The second-order valence-electron chi connectivity index (χ2n) is 10.5. The SMILES string of the molecule is C[Si](c1ccccc1)=[Zr+2]([C]1=C(c2ccc3ccccc3c2)C=CC1)[C]1=C(c2ccc3ccccc3c2)C=CC1.[Cl-].[Cl-]. The fraction of sp³-hybridized carbons (Fsp3) is 0.0811. The van der Waals surface area contributed by atoms with Crippen molar-refractivity contribution in [1.29, 1.82) is 0 Å². The Kier molecular flexibility index (Phi) is 9.47. The van der Waals surface area contributed by atoms with Crippen LogP contribution in [0.15, 0.2) is 146 Å². The molecule has 41 heavy (non-hydrogen) atoms. The van der Waals surface area contributed by atoms with Crippen LogP contribution in [0.3, 0.4) is 0 Å². The van der Waals surface area contributed by atoms with Crippen molar-refractivity contribution < 1.29 is 45.2 Å². The van der Waals surface area contributed by atoms with Crippen molar-refractivity contribution in [1.82, 2.24) is 0 Å². The molecule has 0 fully saturated rings. The van der Waals surface area contributed by atoms with Crippen LogP contribution in [0.4, 0.5) is 0 Å². The summed E-state index contributed by atoms with van der Waals surface area (Å²) in [6.45, 7) is 2.61. The second-order valence-corrected chi connectivity index (χ2v) is 25.6. The van der Waals surface area contributed by atoms with E-state index in [1.165, 1.54) is 43.8 Å². The molecule has 5 aromatic carbocycles. The Morgan fingerprint density at radius 1 is 0.512 bits per heavy atom. The van der Waals surface area contributed by atoms with Crippen molar-refractivity contribution in [2.75, 3.05) is 0 Å². The maximum atomic E-state index is 2.61. The van der Waals surface area contributed by atoms with Gasteiger partial charge in [-0.1, -0.05) is 0 Å². The van der Waals surface area contributed by atoms with Gasteiger partial charge in [0, 0.05) is 0 Å². The van der Waals surface area contributed by atoms with E-state index in [0.29, 0.717) is 0 Å². The second kappa shape index (κ2) is 13.1. The fourth-order valence-electron chi connectivity index (χ4n) is 6.21. The molecular formula is C37H30Cl2SiZr. The zero-order chi connectivity index (χ0) is 26.2. The van der Waals surface area contributed by atoms with E-state index >= 15 is 0 Å². The summed E-state index contributed by atoms with van der Waals surface area (Å²) in [6.07, 6.45) is 11.9. The van der Waals surface area contributed by atoms with Gasteiger partial charge in [0.1, 0.15) is 0 Å². The molecule has 0 unspecified atom stereocenters. The summed E-state index contributed by atoms with van der Waals surface area (Å²) < 4.78 is 3.56. The van der Waals surface area contributed by atoms with E-state index in [9.17, 15) is 0 Å². The smallest absolute Gasteiger partial charge is 1.00 e. The van der Waals surface area contributed by atoms with E-state index in [1.807, 2.05) is 0 Å². The van der Waals surface area contributed by atoms with E-state index < -0.39 is 25.8 Å². The summed E-state index contributed by atoms with van der Waals surface area (Å²) in [6, 6.07) is 43.1. The normalized spacial score (nSPS) is 13.8. The van der Waals surface area contributed by atoms with Gasteiger partial charge in [-0.25, -0.2) is 0 Å².